The Kier molecular flexibility index (Phi) is 6.92. The first-order valence-electron chi connectivity index (χ1n) is 5.39. The number of ether oxygens (including phenoxy) is 3. The van der Waals surface area contributed by atoms with Crippen molar-refractivity contribution in [2.75, 3.05) is 32.7 Å². The lowest BCUT2D eigenvalue weighted by Gasteiger charge is -2.09. The van der Waals surface area contributed by atoms with Crippen molar-refractivity contribution in [3.05, 3.63) is 22.7 Å². The molecule has 5 nitrogen and oxygen atoms in total. The van der Waals surface area contributed by atoms with E-state index in [4.69, 9.17) is 24.9 Å². The van der Waals surface area contributed by atoms with Crippen LogP contribution in [0.25, 0.3) is 0 Å². The summed E-state index contributed by atoms with van der Waals surface area (Å²) in [5.41, 5.74) is 0. The fraction of sp³-hybridized carbons (Fsp3) is 0.455. The Morgan fingerprint density at radius 1 is 1.26 bits per heavy atom. The van der Waals surface area contributed by atoms with Crippen LogP contribution >= 0.6 is 26.6 Å². The molecule has 0 saturated carbocycles. The summed E-state index contributed by atoms with van der Waals surface area (Å²) in [4.78, 5) is 0. The van der Waals surface area contributed by atoms with Gasteiger partial charge in [-0.25, -0.2) is 8.42 Å². The Morgan fingerprint density at radius 2 is 2.00 bits per heavy atom. The maximum absolute atomic E-state index is 10.6. The van der Waals surface area contributed by atoms with E-state index in [0.717, 1.165) is 10.2 Å². The van der Waals surface area contributed by atoms with Crippen LogP contribution in [-0.2, 0) is 13.8 Å². The number of hydrogen-bond acceptors (Lipinski definition) is 5. The lowest BCUT2D eigenvalue weighted by molar-refractivity contribution is 0.111. The molecule has 0 unspecified atom stereocenters. The van der Waals surface area contributed by atoms with Crippen LogP contribution in [0.5, 0.6) is 11.5 Å². The second kappa shape index (κ2) is 7.94. The van der Waals surface area contributed by atoms with Crippen LogP contribution in [0, 0.1) is 0 Å². The minimum absolute atomic E-state index is 0.0545. The standard InChI is InChI=1S/C11H14BrClO5S/c1-16-9-2-3-11(10(12)8-9)18-5-4-17-6-7-19(13,14)15/h2-3,8H,4-7H2,1H3. The van der Waals surface area contributed by atoms with Gasteiger partial charge in [0.1, 0.15) is 18.1 Å². The molecule has 0 fully saturated rings. The molecule has 0 N–H and O–H groups in total. The molecule has 0 aliphatic carbocycles. The van der Waals surface area contributed by atoms with Gasteiger partial charge in [0.25, 0.3) is 0 Å². The molecular weight excluding hydrogens is 360 g/mol. The van der Waals surface area contributed by atoms with E-state index in [-0.39, 0.29) is 19.0 Å². The third kappa shape index (κ3) is 7.00. The quantitative estimate of drug-likeness (QED) is 0.517. The van der Waals surface area contributed by atoms with Crippen LogP contribution in [0.3, 0.4) is 0 Å². The highest BCUT2D eigenvalue weighted by Crippen LogP contribution is 2.28. The molecule has 0 aromatic heterocycles. The lowest BCUT2D eigenvalue weighted by atomic mass is 10.3. The van der Waals surface area contributed by atoms with Gasteiger partial charge >= 0.3 is 0 Å². The summed E-state index contributed by atoms with van der Waals surface area (Å²) in [6.07, 6.45) is 0. The smallest absolute Gasteiger partial charge is 0.234 e. The van der Waals surface area contributed by atoms with Gasteiger partial charge in [-0.05, 0) is 34.1 Å². The van der Waals surface area contributed by atoms with Crippen LogP contribution in [0.2, 0.25) is 0 Å². The van der Waals surface area contributed by atoms with Crippen molar-refractivity contribution in [2.45, 2.75) is 0 Å². The van der Waals surface area contributed by atoms with Crippen molar-refractivity contribution in [2.24, 2.45) is 0 Å². The molecule has 108 valence electrons. The summed E-state index contributed by atoms with van der Waals surface area (Å²) in [6.45, 7) is 0.650. The third-order valence-corrected chi connectivity index (χ3v) is 3.83. The van der Waals surface area contributed by atoms with E-state index in [0.29, 0.717) is 12.4 Å². The lowest BCUT2D eigenvalue weighted by Crippen LogP contribution is -2.12. The largest absolute Gasteiger partial charge is 0.497 e. The predicted octanol–water partition coefficient (Wildman–Crippen LogP) is 2.42. The number of benzene rings is 1. The van der Waals surface area contributed by atoms with E-state index in [1.807, 2.05) is 0 Å². The molecule has 0 radical (unpaired) electrons. The van der Waals surface area contributed by atoms with Gasteiger partial charge in [0.2, 0.25) is 9.05 Å². The molecule has 1 rings (SSSR count). The van der Waals surface area contributed by atoms with Gasteiger partial charge in [-0.3, -0.25) is 0 Å². The number of methoxy groups -OCH3 is 1. The minimum atomic E-state index is -3.49. The summed E-state index contributed by atoms with van der Waals surface area (Å²) in [6, 6.07) is 5.34. The van der Waals surface area contributed by atoms with Crippen molar-refractivity contribution in [1.82, 2.24) is 0 Å². The molecule has 0 spiro atoms. The van der Waals surface area contributed by atoms with Gasteiger partial charge in [0, 0.05) is 10.7 Å². The second-order valence-electron chi connectivity index (χ2n) is 3.50. The minimum Gasteiger partial charge on any atom is -0.497 e. The van der Waals surface area contributed by atoms with Gasteiger partial charge in [-0.15, -0.1) is 0 Å². The van der Waals surface area contributed by atoms with Crippen LogP contribution in [0.15, 0.2) is 22.7 Å². The molecule has 0 aliphatic heterocycles. The topological polar surface area (TPSA) is 61.8 Å². The Hall–Kier alpha value is -0.500. The summed E-state index contributed by atoms with van der Waals surface area (Å²) >= 11 is 3.35. The average Bonchev–Trinajstić information content (AvgIpc) is 2.33. The molecule has 19 heavy (non-hydrogen) atoms. The third-order valence-electron chi connectivity index (χ3n) is 2.10. The Bertz CT molecular complexity index is 506. The summed E-state index contributed by atoms with van der Waals surface area (Å²) < 4.78 is 37.6. The summed E-state index contributed by atoms with van der Waals surface area (Å²) in [7, 11) is 3.13. The van der Waals surface area contributed by atoms with Crippen LogP contribution < -0.4 is 9.47 Å². The van der Waals surface area contributed by atoms with Gasteiger partial charge in [-0.2, -0.15) is 0 Å². The number of hydrogen-bond donors (Lipinski definition) is 0. The van der Waals surface area contributed by atoms with Crippen molar-refractivity contribution in [3.8, 4) is 11.5 Å². The van der Waals surface area contributed by atoms with E-state index < -0.39 is 9.05 Å². The first-order chi connectivity index (χ1) is 8.92. The fourth-order valence-corrected chi connectivity index (χ4v) is 2.17. The zero-order valence-corrected chi connectivity index (χ0v) is 13.4. The van der Waals surface area contributed by atoms with Crippen LogP contribution in [0.4, 0.5) is 0 Å². The van der Waals surface area contributed by atoms with Crippen LogP contribution in [-0.4, -0.2) is 41.1 Å². The van der Waals surface area contributed by atoms with Crippen LogP contribution in [0.1, 0.15) is 0 Å². The maximum Gasteiger partial charge on any atom is 0.234 e. The van der Waals surface area contributed by atoms with E-state index in [9.17, 15) is 8.42 Å². The molecule has 0 heterocycles. The molecule has 0 aliphatic rings. The summed E-state index contributed by atoms with van der Waals surface area (Å²) in [5.74, 6) is 1.18. The molecule has 0 amide bonds. The van der Waals surface area contributed by atoms with Crippen molar-refractivity contribution >= 4 is 35.7 Å². The first-order valence-corrected chi connectivity index (χ1v) is 8.66. The number of rotatable bonds is 8. The van der Waals surface area contributed by atoms with E-state index in [1.54, 1.807) is 25.3 Å². The molecule has 0 atom stereocenters. The number of halogens is 2. The van der Waals surface area contributed by atoms with E-state index >= 15 is 0 Å². The van der Waals surface area contributed by atoms with Crippen molar-refractivity contribution < 1.29 is 22.6 Å². The molecule has 1 aromatic carbocycles. The summed E-state index contributed by atoms with van der Waals surface area (Å²) in [5, 5.41) is 0. The maximum atomic E-state index is 10.6. The van der Waals surface area contributed by atoms with Gasteiger partial charge < -0.3 is 14.2 Å². The predicted molar refractivity (Wildman–Crippen MR) is 76.6 cm³/mol. The van der Waals surface area contributed by atoms with Crippen molar-refractivity contribution in [3.63, 3.8) is 0 Å². The van der Waals surface area contributed by atoms with Gasteiger partial charge in [0.05, 0.1) is 30.5 Å². The highest BCUT2D eigenvalue weighted by molar-refractivity contribution is 9.10. The molecular formula is C11H14BrClO5S. The zero-order chi connectivity index (χ0) is 14.3. The SMILES string of the molecule is COc1ccc(OCCOCCS(=O)(=O)Cl)c(Br)c1. The fourth-order valence-electron chi connectivity index (χ4n) is 1.20. The Morgan fingerprint density at radius 3 is 2.58 bits per heavy atom. The first kappa shape index (κ1) is 16.6. The van der Waals surface area contributed by atoms with Gasteiger partial charge in [0.15, 0.2) is 0 Å². The Balaban J connectivity index is 2.26. The van der Waals surface area contributed by atoms with Crippen molar-refractivity contribution in [1.29, 1.82) is 0 Å². The molecule has 0 saturated heterocycles. The molecule has 0 bridgehead atoms. The van der Waals surface area contributed by atoms with Gasteiger partial charge in [-0.1, -0.05) is 0 Å². The molecule has 1 aromatic rings. The normalized spacial score (nSPS) is 11.3. The molecule has 8 heteroatoms. The average molecular weight is 374 g/mol. The highest BCUT2D eigenvalue weighted by Gasteiger charge is 2.05. The Labute approximate surface area is 125 Å². The highest BCUT2D eigenvalue weighted by atomic mass is 79.9. The monoisotopic (exact) mass is 372 g/mol. The second-order valence-corrected chi connectivity index (χ2v) is 7.25. The zero-order valence-electron chi connectivity index (χ0n) is 10.3. The van der Waals surface area contributed by atoms with E-state index in [2.05, 4.69) is 15.9 Å². The van der Waals surface area contributed by atoms with E-state index in [1.165, 1.54) is 0 Å².